The van der Waals surface area contributed by atoms with Crippen LogP contribution >= 0.6 is 12.2 Å². The van der Waals surface area contributed by atoms with Crippen molar-refractivity contribution in [3.8, 4) is 11.5 Å². The monoisotopic (exact) mass is 562 g/mol. The van der Waals surface area contributed by atoms with E-state index in [0.717, 1.165) is 5.69 Å². The second-order valence-corrected chi connectivity index (χ2v) is 9.29. The second kappa shape index (κ2) is 12.9. The third kappa shape index (κ3) is 6.67. The van der Waals surface area contributed by atoms with Gasteiger partial charge in [0.05, 0.1) is 38.3 Å². The first-order chi connectivity index (χ1) is 19.3. The highest BCUT2D eigenvalue weighted by Crippen LogP contribution is 2.29. The molecule has 2 amide bonds. The number of carbonyl (C=O) groups excluding carboxylic acids is 3. The van der Waals surface area contributed by atoms with E-state index in [9.17, 15) is 14.4 Å². The van der Waals surface area contributed by atoms with Crippen LogP contribution in [0.3, 0.4) is 0 Å². The van der Waals surface area contributed by atoms with Crippen molar-refractivity contribution in [2.75, 3.05) is 57.7 Å². The van der Waals surface area contributed by atoms with Gasteiger partial charge in [0.25, 0.3) is 11.8 Å². The molecule has 0 unspecified atom stereocenters. The van der Waals surface area contributed by atoms with E-state index in [0.29, 0.717) is 60.1 Å². The number of ether oxygens (including phenoxy) is 3. The summed E-state index contributed by atoms with van der Waals surface area (Å²) in [5, 5.41) is 5.75. The maximum atomic E-state index is 12.9. The maximum absolute atomic E-state index is 12.9. The molecule has 1 aliphatic rings. The molecular formula is C29H30N4O6S. The lowest BCUT2D eigenvalue weighted by Gasteiger charge is -2.37. The lowest BCUT2D eigenvalue weighted by atomic mass is 10.1. The molecule has 11 heteroatoms. The summed E-state index contributed by atoms with van der Waals surface area (Å²) in [7, 11) is 4.30. The summed E-state index contributed by atoms with van der Waals surface area (Å²) in [5.41, 5.74) is 2.54. The molecule has 10 nitrogen and oxygen atoms in total. The Labute approximate surface area is 237 Å². The van der Waals surface area contributed by atoms with Gasteiger partial charge in [0.15, 0.2) is 5.11 Å². The van der Waals surface area contributed by atoms with Crippen LogP contribution in [0.25, 0.3) is 0 Å². The number of anilines is 2. The summed E-state index contributed by atoms with van der Waals surface area (Å²) < 4.78 is 15.4. The molecule has 40 heavy (non-hydrogen) atoms. The van der Waals surface area contributed by atoms with Crippen molar-refractivity contribution >= 4 is 46.5 Å². The van der Waals surface area contributed by atoms with E-state index >= 15 is 0 Å². The SMILES string of the molecule is COC(=O)c1ccc(N2CCN(C(=O)c3ccccc3)CC2)c(NC(=S)NC(=O)c2cc(OC)cc(OC)c2)c1. The van der Waals surface area contributed by atoms with Crippen molar-refractivity contribution in [3.63, 3.8) is 0 Å². The largest absolute Gasteiger partial charge is 0.497 e. The average molecular weight is 563 g/mol. The van der Waals surface area contributed by atoms with Crippen molar-refractivity contribution in [1.82, 2.24) is 10.2 Å². The van der Waals surface area contributed by atoms with Crippen LogP contribution in [0.4, 0.5) is 11.4 Å². The lowest BCUT2D eigenvalue weighted by molar-refractivity contribution is 0.0600. The van der Waals surface area contributed by atoms with Gasteiger partial charge in [-0.3, -0.25) is 14.9 Å². The summed E-state index contributed by atoms with van der Waals surface area (Å²) in [4.78, 5) is 42.0. The molecule has 208 valence electrons. The highest BCUT2D eigenvalue weighted by atomic mass is 32.1. The fourth-order valence-corrected chi connectivity index (χ4v) is 4.54. The number of hydrogen-bond acceptors (Lipinski definition) is 8. The standard InChI is InChI=1S/C29H30N4O6S/c1-37-22-15-21(16-23(18-22)38-2)26(34)31-29(40)30-24-17-20(28(36)39-3)9-10-25(24)32-11-13-33(14-12-32)27(35)19-7-5-4-6-8-19/h4-10,15-18H,11-14H2,1-3H3,(H2,30,31,34,40). The normalized spacial score (nSPS) is 12.8. The van der Waals surface area contributed by atoms with Gasteiger partial charge in [-0.25, -0.2) is 4.79 Å². The topological polar surface area (TPSA) is 109 Å². The highest BCUT2D eigenvalue weighted by Gasteiger charge is 2.24. The Morgan fingerprint density at radius 3 is 2.02 bits per heavy atom. The van der Waals surface area contributed by atoms with E-state index in [4.69, 9.17) is 26.4 Å². The minimum absolute atomic E-state index is 0.0160. The summed E-state index contributed by atoms with van der Waals surface area (Å²) in [6.45, 7) is 2.16. The fraction of sp³-hybridized carbons (Fsp3) is 0.241. The highest BCUT2D eigenvalue weighted by molar-refractivity contribution is 7.80. The van der Waals surface area contributed by atoms with Gasteiger partial charge < -0.3 is 29.3 Å². The number of benzene rings is 3. The molecule has 4 rings (SSSR count). The molecule has 1 heterocycles. The van der Waals surface area contributed by atoms with Gasteiger partial charge in [-0.1, -0.05) is 18.2 Å². The first kappa shape index (κ1) is 28.4. The van der Waals surface area contributed by atoms with Crippen molar-refractivity contribution in [3.05, 3.63) is 83.4 Å². The van der Waals surface area contributed by atoms with Crippen LogP contribution in [0.15, 0.2) is 66.7 Å². The third-order valence-corrected chi connectivity index (χ3v) is 6.64. The van der Waals surface area contributed by atoms with Gasteiger partial charge in [0.1, 0.15) is 11.5 Å². The molecule has 1 fully saturated rings. The molecule has 3 aromatic rings. The number of amides is 2. The van der Waals surface area contributed by atoms with Crippen LogP contribution < -0.4 is 25.0 Å². The van der Waals surface area contributed by atoms with Crippen molar-refractivity contribution in [1.29, 1.82) is 0 Å². The number of esters is 1. The zero-order valence-corrected chi connectivity index (χ0v) is 23.2. The Hall–Kier alpha value is -4.64. The Morgan fingerprint density at radius 2 is 1.43 bits per heavy atom. The van der Waals surface area contributed by atoms with Crippen molar-refractivity contribution in [2.45, 2.75) is 0 Å². The van der Waals surface area contributed by atoms with E-state index in [1.54, 1.807) is 48.5 Å². The fourth-order valence-electron chi connectivity index (χ4n) is 4.34. The summed E-state index contributed by atoms with van der Waals surface area (Å²) >= 11 is 5.45. The summed E-state index contributed by atoms with van der Waals surface area (Å²) in [6, 6.07) is 19.0. The molecule has 1 aliphatic heterocycles. The maximum Gasteiger partial charge on any atom is 0.337 e. The quantitative estimate of drug-likeness (QED) is 0.330. The minimum Gasteiger partial charge on any atom is -0.497 e. The number of rotatable bonds is 7. The van der Waals surface area contributed by atoms with Gasteiger partial charge >= 0.3 is 5.97 Å². The van der Waals surface area contributed by atoms with E-state index in [1.807, 2.05) is 23.1 Å². The molecule has 0 spiro atoms. The molecule has 1 saturated heterocycles. The van der Waals surface area contributed by atoms with E-state index in [2.05, 4.69) is 15.5 Å². The van der Waals surface area contributed by atoms with Crippen LogP contribution in [0.1, 0.15) is 31.1 Å². The Balaban J connectivity index is 1.50. The third-order valence-electron chi connectivity index (χ3n) is 6.43. The molecule has 0 atom stereocenters. The Kier molecular flexibility index (Phi) is 9.18. The Morgan fingerprint density at radius 1 is 0.775 bits per heavy atom. The summed E-state index contributed by atoms with van der Waals surface area (Å²) in [5.74, 6) is -0.0694. The van der Waals surface area contributed by atoms with E-state index < -0.39 is 11.9 Å². The number of carbonyl (C=O) groups is 3. The van der Waals surface area contributed by atoms with Gasteiger partial charge in [0.2, 0.25) is 0 Å². The van der Waals surface area contributed by atoms with E-state index in [-0.39, 0.29) is 11.0 Å². The molecular weight excluding hydrogens is 532 g/mol. The number of piperazine rings is 1. The molecule has 0 aliphatic carbocycles. The van der Waals surface area contributed by atoms with Crippen molar-refractivity contribution in [2.24, 2.45) is 0 Å². The van der Waals surface area contributed by atoms with Crippen LogP contribution in [-0.4, -0.2) is 75.3 Å². The van der Waals surface area contributed by atoms with Gasteiger partial charge in [-0.2, -0.15) is 0 Å². The molecule has 0 radical (unpaired) electrons. The van der Waals surface area contributed by atoms with Gasteiger partial charge in [-0.15, -0.1) is 0 Å². The molecule has 0 saturated carbocycles. The van der Waals surface area contributed by atoms with Crippen molar-refractivity contribution < 1.29 is 28.6 Å². The lowest BCUT2D eigenvalue weighted by Crippen LogP contribution is -2.49. The predicted octanol–water partition coefficient (Wildman–Crippen LogP) is 3.58. The smallest absolute Gasteiger partial charge is 0.337 e. The second-order valence-electron chi connectivity index (χ2n) is 8.88. The minimum atomic E-state index is -0.508. The van der Waals surface area contributed by atoms with Crippen LogP contribution in [-0.2, 0) is 4.74 Å². The zero-order chi connectivity index (χ0) is 28.6. The number of nitrogens with zero attached hydrogens (tertiary/aromatic N) is 2. The van der Waals surface area contributed by atoms with Gasteiger partial charge in [-0.05, 0) is 54.7 Å². The molecule has 3 aromatic carbocycles. The van der Waals surface area contributed by atoms with Crippen LogP contribution in [0, 0.1) is 0 Å². The first-order valence-electron chi connectivity index (χ1n) is 12.5. The number of thiocarbonyl (C=S) groups is 1. The number of nitrogens with one attached hydrogen (secondary N) is 2. The van der Waals surface area contributed by atoms with Crippen LogP contribution in [0.5, 0.6) is 11.5 Å². The van der Waals surface area contributed by atoms with E-state index in [1.165, 1.54) is 21.3 Å². The molecule has 2 N–H and O–H groups in total. The average Bonchev–Trinajstić information content (AvgIpc) is 3.00. The molecule has 0 bridgehead atoms. The number of methoxy groups -OCH3 is 3. The predicted molar refractivity (Wildman–Crippen MR) is 156 cm³/mol. The van der Waals surface area contributed by atoms with Gasteiger partial charge in [0, 0.05) is 43.4 Å². The zero-order valence-electron chi connectivity index (χ0n) is 22.4. The van der Waals surface area contributed by atoms with Crippen LogP contribution in [0.2, 0.25) is 0 Å². The molecule has 0 aromatic heterocycles. The first-order valence-corrected chi connectivity index (χ1v) is 12.9. The summed E-state index contributed by atoms with van der Waals surface area (Å²) in [6.07, 6.45) is 0. The number of hydrogen-bond donors (Lipinski definition) is 2. The Bertz CT molecular complexity index is 1380.